The number of aromatic hydroxyl groups is 1. The van der Waals surface area contributed by atoms with E-state index < -0.39 is 23.0 Å². The summed E-state index contributed by atoms with van der Waals surface area (Å²) in [5.41, 5.74) is 0.517. The average molecular weight is 437 g/mol. The van der Waals surface area contributed by atoms with Gasteiger partial charge < -0.3 is 5.11 Å². The number of aromatic nitrogens is 2. The van der Waals surface area contributed by atoms with Crippen LogP contribution in [0, 0.1) is 6.92 Å². The number of hydrazone groups is 1. The van der Waals surface area contributed by atoms with Crippen molar-refractivity contribution in [2.75, 3.05) is 5.01 Å². The largest absolute Gasteiger partial charge is 0.494 e. The lowest BCUT2D eigenvalue weighted by Gasteiger charge is -2.12. The van der Waals surface area contributed by atoms with Crippen LogP contribution in [0.4, 0.5) is 5.69 Å². The lowest BCUT2D eigenvalue weighted by atomic mass is 10.1. The summed E-state index contributed by atoms with van der Waals surface area (Å²) in [5, 5.41) is 16.7. The number of hydrogen-bond donors (Lipinski definition) is 2. The first-order chi connectivity index (χ1) is 14.8. The molecule has 4 rings (SSSR count). The maximum Gasteiger partial charge on any atom is 0.335 e. The van der Waals surface area contributed by atoms with Gasteiger partial charge in [-0.3, -0.25) is 14.6 Å². The van der Waals surface area contributed by atoms with E-state index in [-0.39, 0.29) is 11.1 Å². The number of nitrogens with one attached hydrogen (secondary N) is 1. The minimum atomic E-state index is -0.824. The molecule has 2 aromatic carbocycles. The van der Waals surface area contributed by atoms with Crippen molar-refractivity contribution in [3.05, 3.63) is 91.1 Å². The Labute approximate surface area is 181 Å². The molecule has 0 spiro atoms. The van der Waals surface area contributed by atoms with Gasteiger partial charge in [0.25, 0.3) is 11.5 Å². The molecule has 0 bridgehead atoms. The molecule has 0 atom stereocenters. The molecule has 0 saturated heterocycles. The van der Waals surface area contributed by atoms with Crippen LogP contribution in [0.15, 0.2) is 68.8 Å². The van der Waals surface area contributed by atoms with Gasteiger partial charge in [-0.25, -0.2) is 9.36 Å². The monoisotopic (exact) mass is 436 g/mol. The van der Waals surface area contributed by atoms with Gasteiger partial charge in [0.15, 0.2) is 0 Å². The van der Waals surface area contributed by atoms with Crippen molar-refractivity contribution in [3.8, 4) is 11.6 Å². The maximum absolute atomic E-state index is 13.0. The fraction of sp³-hybridized carbons (Fsp3) is 0.0909. The number of aromatic amines is 1. The van der Waals surface area contributed by atoms with Crippen LogP contribution in [0.3, 0.4) is 0 Å². The minimum absolute atomic E-state index is 0.127. The lowest BCUT2D eigenvalue weighted by molar-refractivity contribution is -0.114. The predicted octanol–water partition coefficient (Wildman–Crippen LogP) is 3.00. The van der Waals surface area contributed by atoms with Crippen molar-refractivity contribution in [1.82, 2.24) is 9.55 Å². The van der Waals surface area contributed by atoms with Gasteiger partial charge >= 0.3 is 5.69 Å². The van der Waals surface area contributed by atoms with Crippen LogP contribution in [0.1, 0.15) is 18.1 Å². The summed E-state index contributed by atoms with van der Waals surface area (Å²) in [7, 11) is 0. The van der Waals surface area contributed by atoms with Crippen LogP contribution < -0.4 is 16.3 Å². The number of carbonyl (C=O) groups excluding carboxylic acids is 1. The van der Waals surface area contributed by atoms with E-state index in [1.807, 2.05) is 19.1 Å². The second-order valence-electron chi connectivity index (χ2n) is 7.00. The Morgan fingerprint density at radius 2 is 1.58 bits per heavy atom. The number of nitrogens with zero attached hydrogens (tertiary/aromatic N) is 3. The predicted molar refractivity (Wildman–Crippen MR) is 119 cm³/mol. The molecule has 1 amide bonds. The van der Waals surface area contributed by atoms with Crippen LogP contribution in [0.25, 0.3) is 11.8 Å². The zero-order valence-corrected chi connectivity index (χ0v) is 17.3. The summed E-state index contributed by atoms with van der Waals surface area (Å²) < 4.78 is 0.924. The number of benzene rings is 2. The van der Waals surface area contributed by atoms with Crippen molar-refractivity contribution in [1.29, 1.82) is 0 Å². The van der Waals surface area contributed by atoms with Gasteiger partial charge in [0.2, 0.25) is 5.88 Å². The Kier molecular flexibility index (Phi) is 5.08. The van der Waals surface area contributed by atoms with Crippen molar-refractivity contribution < 1.29 is 9.90 Å². The molecule has 0 aliphatic carbocycles. The second-order valence-corrected chi connectivity index (χ2v) is 7.44. The number of carbonyl (C=O) groups is 1. The van der Waals surface area contributed by atoms with Crippen molar-refractivity contribution in [2.24, 2.45) is 5.10 Å². The molecule has 0 fully saturated rings. The SMILES string of the molecule is CC1=NN(c2ccc(C)cc2)C(=O)/C1=C/c1c(O)n(-c2ccc(Cl)cc2)c(=O)[nH]c1=O. The number of anilines is 1. The fourth-order valence-corrected chi connectivity index (χ4v) is 3.31. The summed E-state index contributed by atoms with van der Waals surface area (Å²) >= 11 is 5.88. The van der Waals surface area contributed by atoms with E-state index in [2.05, 4.69) is 10.1 Å². The molecular formula is C22H17ClN4O4. The number of hydrogen-bond acceptors (Lipinski definition) is 5. The highest BCUT2D eigenvalue weighted by Crippen LogP contribution is 2.27. The number of amides is 1. The third-order valence-electron chi connectivity index (χ3n) is 4.84. The molecule has 2 heterocycles. The summed E-state index contributed by atoms with van der Waals surface area (Å²) in [4.78, 5) is 39.9. The first kappa shape index (κ1) is 20.4. The molecule has 0 radical (unpaired) electrons. The van der Waals surface area contributed by atoms with Crippen LogP contribution in [0.2, 0.25) is 5.02 Å². The van der Waals surface area contributed by atoms with Crippen molar-refractivity contribution in [2.45, 2.75) is 13.8 Å². The molecule has 8 nitrogen and oxygen atoms in total. The van der Waals surface area contributed by atoms with Crippen molar-refractivity contribution >= 4 is 35.0 Å². The molecular weight excluding hydrogens is 420 g/mol. The average Bonchev–Trinajstić information content (AvgIpc) is 3.01. The summed E-state index contributed by atoms with van der Waals surface area (Å²) in [6.45, 7) is 3.55. The van der Waals surface area contributed by atoms with E-state index in [4.69, 9.17) is 11.6 Å². The van der Waals surface area contributed by atoms with Gasteiger partial charge in [0, 0.05) is 5.02 Å². The normalized spacial score (nSPS) is 14.9. The molecule has 0 unspecified atom stereocenters. The summed E-state index contributed by atoms with van der Waals surface area (Å²) in [5.74, 6) is -1.05. The molecule has 2 N–H and O–H groups in total. The molecule has 1 aromatic heterocycles. The Balaban J connectivity index is 1.81. The Bertz CT molecular complexity index is 1370. The molecule has 156 valence electrons. The zero-order valence-electron chi connectivity index (χ0n) is 16.6. The van der Waals surface area contributed by atoms with E-state index in [1.54, 1.807) is 31.2 Å². The third kappa shape index (κ3) is 3.69. The van der Waals surface area contributed by atoms with Crippen molar-refractivity contribution in [3.63, 3.8) is 0 Å². The minimum Gasteiger partial charge on any atom is -0.494 e. The molecule has 1 aliphatic rings. The van der Waals surface area contributed by atoms with Gasteiger partial charge in [-0.05, 0) is 56.3 Å². The number of halogens is 1. The molecule has 3 aromatic rings. The standard InChI is InChI=1S/C22H17ClN4O4/c1-12-3-7-16(8-4-12)27-21(30)17(13(2)25-27)11-18-19(28)24-22(31)26(20(18)29)15-9-5-14(23)6-10-15/h3-11,29H,1-2H3,(H,24,28,31)/b17-11+. The fourth-order valence-electron chi connectivity index (χ4n) is 3.19. The maximum atomic E-state index is 13.0. The summed E-state index contributed by atoms with van der Waals surface area (Å²) in [6.07, 6.45) is 1.23. The topological polar surface area (TPSA) is 108 Å². The third-order valence-corrected chi connectivity index (χ3v) is 5.09. The second kappa shape index (κ2) is 7.73. The Morgan fingerprint density at radius 1 is 0.968 bits per heavy atom. The van der Waals surface area contributed by atoms with Crippen LogP contribution >= 0.6 is 11.6 Å². The highest BCUT2D eigenvalue weighted by atomic mass is 35.5. The first-order valence-electron chi connectivity index (χ1n) is 9.29. The van der Waals surface area contributed by atoms with E-state index in [1.165, 1.54) is 23.2 Å². The van der Waals surface area contributed by atoms with E-state index >= 15 is 0 Å². The number of H-pyrrole nitrogens is 1. The Hall–Kier alpha value is -3.91. The smallest absolute Gasteiger partial charge is 0.335 e. The van der Waals surface area contributed by atoms with E-state index in [0.717, 1.165) is 10.1 Å². The van der Waals surface area contributed by atoms with E-state index in [0.29, 0.717) is 22.1 Å². The van der Waals surface area contributed by atoms with Gasteiger partial charge in [0.1, 0.15) is 5.56 Å². The molecule has 9 heteroatoms. The number of rotatable bonds is 3. The quantitative estimate of drug-likeness (QED) is 0.615. The molecule has 0 saturated carbocycles. The van der Waals surface area contributed by atoms with Crippen LogP contribution in [-0.2, 0) is 4.79 Å². The summed E-state index contributed by atoms with van der Waals surface area (Å²) in [6, 6.07) is 13.4. The van der Waals surface area contributed by atoms with Gasteiger partial charge in [0.05, 0.1) is 22.7 Å². The van der Waals surface area contributed by atoms with E-state index in [9.17, 15) is 19.5 Å². The van der Waals surface area contributed by atoms with Gasteiger partial charge in [-0.2, -0.15) is 10.1 Å². The molecule has 1 aliphatic heterocycles. The van der Waals surface area contributed by atoms with Gasteiger partial charge in [-0.1, -0.05) is 29.3 Å². The van der Waals surface area contributed by atoms with Crippen LogP contribution in [-0.4, -0.2) is 26.3 Å². The highest BCUT2D eigenvalue weighted by molar-refractivity contribution is 6.32. The Morgan fingerprint density at radius 3 is 2.23 bits per heavy atom. The van der Waals surface area contributed by atoms with Crippen LogP contribution in [0.5, 0.6) is 5.88 Å². The first-order valence-corrected chi connectivity index (χ1v) is 9.66. The number of aryl methyl sites for hydroxylation is 1. The molecule has 31 heavy (non-hydrogen) atoms. The lowest BCUT2D eigenvalue weighted by Crippen LogP contribution is -2.30. The highest BCUT2D eigenvalue weighted by Gasteiger charge is 2.29. The zero-order chi connectivity index (χ0) is 22.3. The van der Waals surface area contributed by atoms with Gasteiger partial charge in [-0.15, -0.1) is 0 Å².